The molecule has 0 saturated heterocycles. The van der Waals surface area contributed by atoms with E-state index in [1.807, 2.05) is 78.3 Å². The quantitative estimate of drug-likeness (QED) is 0.226. The lowest BCUT2D eigenvalue weighted by Crippen LogP contribution is -2.03. The summed E-state index contributed by atoms with van der Waals surface area (Å²) in [6.07, 6.45) is 0. The van der Waals surface area contributed by atoms with Crippen LogP contribution in [-0.4, -0.2) is 23.3 Å². The van der Waals surface area contributed by atoms with Crippen molar-refractivity contribution in [2.75, 3.05) is 0 Å². The number of rotatable bonds is 6. The Hall–Kier alpha value is -3.68. The van der Waals surface area contributed by atoms with Crippen molar-refractivity contribution in [3.8, 4) is 0 Å². The third-order valence-electron chi connectivity index (χ3n) is 6.05. The van der Waals surface area contributed by atoms with Gasteiger partial charge in [-0.05, 0) is 35.4 Å². The molecule has 0 amide bonds. The normalized spacial score (nSPS) is 11.8. The third-order valence-corrected chi connectivity index (χ3v) is 8.52. The Morgan fingerprint density at radius 2 is 1.16 bits per heavy atom. The molecule has 2 heterocycles. The van der Waals surface area contributed by atoms with Gasteiger partial charge in [0.15, 0.2) is 10.3 Å². The summed E-state index contributed by atoms with van der Waals surface area (Å²) in [5, 5.41) is 1.70. The molecule has 0 spiro atoms. The van der Waals surface area contributed by atoms with Crippen LogP contribution in [0.4, 0.5) is 0 Å². The zero-order valence-corrected chi connectivity index (χ0v) is 22.5. The molecule has 2 aromatic heterocycles. The standard InChI is InChI=1S/C15H14N2OS.C15H14N2S/c1-17-14-10-6-5-9-13(14)16-15(17)19(18)11-12-7-3-2-4-8-12;1-17-14-10-6-5-9-13(14)16-15(17)18-11-12-7-3-2-4-8-12/h2-10H,11H2,1H3;2-10H,11H2,1H3/t19-;/m0./s1. The minimum Gasteiger partial charge on any atom is -0.322 e. The first-order valence-corrected chi connectivity index (χ1v) is 14.3. The molecule has 7 heteroatoms. The van der Waals surface area contributed by atoms with Gasteiger partial charge in [-0.1, -0.05) is 96.7 Å². The number of nitrogens with zero attached hydrogens (tertiary/aromatic N) is 4. The highest BCUT2D eigenvalue weighted by Gasteiger charge is 2.14. The van der Waals surface area contributed by atoms with Gasteiger partial charge in [0.25, 0.3) is 0 Å². The van der Waals surface area contributed by atoms with Gasteiger partial charge in [0.05, 0.1) is 38.6 Å². The molecule has 6 rings (SSSR count). The fraction of sp³-hybridized carbons (Fsp3) is 0.133. The zero-order valence-electron chi connectivity index (χ0n) is 20.8. The number of thioether (sulfide) groups is 1. The van der Waals surface area contributed by atoms with Gasteiger partial charge in [0, 0.05) is 19.8 Å². The van der Waals surface area contributed by atoms with Crippen molar-refractivity contribution in [2.45, 2.75) is 21.8 Å². The van der Waals surface area contributed by atoms with Gasteiger partial charge in [-0.3, -0.25) is 4.21 Å². The predicted octanol–water partition coefficient (Wildman–Crippen LogP) is 6.75. The van der Waals surface area contributed by atoms with Gasteiger partial charge in [0.2, 0.25) is 0 Å². The van der Waals surface area contributed by atoms with Crippen LogP contribution in [0.2, 0.25) is 0 Å². The first kappa shape index (κ1) is 25.0. The largest absolute Gasteiger partial charge is 0.322 e. The predicted molar refractivity (Wildman–Crippen MR) is 154 cm³/mol. The summed E-state index contributed by atoms with van der Waals surface area (Å²) in [7, 11) is 2.86. The van der Waals surface area contributed by atoms with Crippen LogP contribution < -0.4 is 0 Å². The highest BCUT2D eigenvalue weighted by Crippen LogP contribution is 2.25. The van der Waals surface area contributed by atoms with Gasteiger partial charge in [-0.25, -0.2) is 9.97 Å². The molecule has 0 N–H and O–H groups in total. The van der Waals surface area contributed by atoms with Crippen molar-refractivity contribution in [1.82, 2.24) is 19.1 Å². The van der Waals surface area contributed by atoms with E-state index in [0.717, 1.165) is 33.0 Å². The zero-order chi connectivity index (χ0) is 25.6. The van der Waals surface area contributed by atoms with Gasteiger partial charge >= 0.3 is 0 Å². The number of hydrogen-bond acceptors (Lipinski definition) is 4. The maximum atomic E-state index is 12.4. The molecule has 0 unspecified atom stereocenters. The Morgan fingerprint density at radius 1 is 0.649 bits per heavy atom. The average molecular weight is 525 g/mol. The molecule has 37 heavy (non-hydrogen) atoms. The van der Waals surface area contributed by atoms with Crippen LogP contribution in [-0.2, 0) is 36.4 Å². The molecule has 0 radical (unpaired) electrons. The summed E-state index contributed by atoms with van der Waals surface area (Å²) in [6.45, 7) is 0. The summed E-state index contributed by atoms with van der Waals surface area (Å²) in [5.41, 5.74) is 6.55. The summed E-state index contributed by atoms with van der Waals surface area (Å²) in [6, 6.07) is 36.4. The number of fused-ring (bicyclic) bond motifs is 2. The molecule has 186 valence electrons. The van der Waals surface area contributed by atoms with Crippen molar-refractivity contribution < 1.29 is 4.21 Å². The highest BCUT2D eigenvalue weighted by atomic mass is 32.2. The number of imidazole rings is 2. The Morgan fingerprint density at radius 3 is 1.76 bits per heavy atom. The van der Waals surface area contributed by atoms with E-state index >= 15 is 0 Å². The molecule has 6 aromatic rings. The summed E-state index contributed by atoms with van der Waals surface area (Å²) in [5.74, 6) is 1.45. The van der Waals surface area contributed by atoms with E-state index in [0.29, 0.717) is 10.9 Å². The summed E-state index contributed by atoms with van der Waals surface area (Å²) in [4.78, 5) is 9.12. The highest BCUT2D eigenvalue weighted by molar-refractivity contribution is 7.98. The van der Waals surface area contributed by atoms with Crippen molar-refractivity contribution in [3.05, 3.63) is 120 Å². The lowest BCUT2D eigenvalue weighted by molar-refractivity contribution is 0.667. The SMILES string of the molecule is Cn1c(SCc2ccccc2)nc2ccccc21.Cn1c([S@@](=O)Cc2ccccc2)nc2ccccc21. The number of hydrogen-bond donors (Lipinski definition) is 0. The maximum Gasteiger partial charge on any atom is 0.200 e. The first-order chi connectivity index (χ1) is 18.1. The summed E-state index contributed by atoms with van der Waals surface area (Å²) >= 11 is 1.78. The second-order valence-corrected chi connectivity index (χ2v) is 10.9. The molecule has 5 nitrogen and oxygen atoms in total. The Balaban J connectivity index is 0.000000152. The van der Waals surface area contributed by atoms with Crippen molar-refractivity contribution >= 4 is 44.6 Å². The molecule has 0 aliphatic carbocycles. The smallest absolute Gasteiger partial charge is 0.200 e. The molecular weight excluding hydrogens is 496 g/mol. The van der Waals surface area contributed by atoms with Gasteiger partial charge < -0.3 is 9.13 Å². The average Bonchev–Trinajstić information content (AvgIpc) is 3.46. The second kappa shape index (κ2) is 11.6. The number of aromatic nitrogens is 4. The lowest BCUT2D eigenvalue weighted by atomic mass is 10.2. The van der Waals surface area contributed by atoms with Crippen LogP contribution in [0.3, 0.4) is 0 Å². The molecule has 0 aliphatic heterocycles. The third kappa shape index (κ3) is 5.84. The maximum absolute atomic E-state index is 12.4. The number of benzene rings is 4. The topological polar surface area (TPSA) is 52.7 Å². The van der Waals surface area contributed by atoms with Crippen LogP contribution in [0, 0.1) is 0 Å². The van der Waals surface area contributed by atoms with Crippen LogP contribution >= 0.6 is 11.8 Å². The van der Waals surface area contributed by atoms with Crippen molar-refractivity contribution in [1.29, 1.82) is 0 Å². The van der Waals surface area contributed by atoms with E-state index in [1.54, 1.807) is 11.8 Å². The fourth-order valence-electron chi connectivity index (χ4n) is 4.09. The molecule has 0 saturated carbocycles. The van der Waals surface area contributed by atoms with Crippen LogP contribution in [0.15, 0.2) is 120 Å². The minimum atomic E-state index is -1.13. The van der Waals surface area contributed by atoms with Gasteiger partial charge in [0.1, 0.15) is 0 Å². The van der Waals surface area contributed by atoms with Gasteiger partial charge in [-0.2, -0.15) is 0 Å². The molecule has 0 bridgehead atoms. The lowest BCUT2D eigenvalue weighted by Gasteiger charge is -2.02. The number of para-hydroxylation sites is 4. The monoisotopic (exact) mass is 524 g/mol. The minimum absolute atomic E-state index is 0.498. The summed E-state index contributed by atoms with van der Waals surface area (Å²) < 4.78 is 16.5. The van der Waals surface area contributed by atoms with Crippen LogP contribution in [0.5, 0.6) is 0 Å². The molecule has 1 atom stereocenters. The second-order valence-electron chi connectivity index (χ2n) is 8.63. The van der Waals surface area contributed by atoms with Crippen LogP contribution in [0.25, 0.3) is 22.1 Å². The van der Waals surface area contributed by atoms with E-state index in [9.17, 15) is 4.21 Å². The van der Waals surface area contributed by atoms with E-state index in [1.165, 1.54) is 11.1 Å². The fourth-order valence-corrected chi connectivity index (χ4v) is 6.26. The Labute approximate surface area is 223 Å². The van der Waals surface area contributed by atoms with Crippen molar-refractivity contribution in [2.24, 2.45) is 14.1 Å². The first-order valence-electron chi connectivity index (χ1n) is 12.0. The van der Waals surface area contributed by atoms with Crippen molar-refractivity contribution in [3.63, 3.8) is 0 Å². The van der Waals surface area contributed by atoms with E-state index < -0.39 is 10.8 Å². The van der Waals surface area contributed by atoms with E-state index in [4.69, 9.17) is 0 Å². The molecule has 0 aliphatic rings. The van der Waals surface area contributed by atoms with E-state index in [2.05, 4.69) is 64.0 Å². The number of aryl methyl sites for hydroxylation is 2. The Bertz CT molecular complexity index is 1640. The molecular formula is C30H28N4OS2. The van der Waals surface area contributed by atoms with E-state index in [-0.39, 0.29) is 0 Å². The van der Waals surface area contributed by atoms with Gasteiger partial charge in [-0.15, -0.1) is 0 Å². The molecule has 0 fully saturated rings. The Kier molecular flexibility index (Phi) is 7.82. The molecule has 4 aromatic carbocycles. The van der Waals surface area contributed by atoms with Crippen LogP contribution in [0.1, 0.15) is 11.1 Å².